The van der Waals surface area contributed by atoms with Gasteiger partial charge in [-0.15, -0.1) is 0 Å². The van der Waals surface area contributed by atoms with E-state index in [0.717, 1.165) is 51.2 Å². The first-order chi connectivity index (χ1) is 9.66. The average molecular weight is 281 g/mol. The molecule has 2 fully saturated rings. The van der Waals surface area contributed by atoms with E-state index in [9.17, 15) is 4.79 Å². The van der Waals surface area contributed by atoms with Crippen LogP contribution in [0.5, 0.6) is 0 Å². The molecule has 2 rings (SSSR count). The zero-order valence-corrected chi connectivity index (χ0v) is 13.2. The molecule has 0 aromatic rings. The van der Waals surface area contributed by atoms with Crippen molar-refractivity contribution in [3.8, 4) is 0 Å². The van der Waals surface area contributed by atoms with Crippen LogP contribution in [0, 0.1) is 5.92 Å². The molecule has 0 radical (unpaired) electrons. The number of likely N-dealkylation sites (tertiary alicyclic amines) is 1. The predicted molar refractivity (Wildman–Crippen MR) is 82.6 cm³/mol. The highest BCUT2D eigenvalue weighted by molar-refractivity contribution is 5.75. The Bertz CT molecular complexity index is 318. The SMILES string of the molecule is CCC1CCC(CN)(N(CC)C(=O)N2CCCC2)CC1. The minimum absolute atomic E-state index is 0.0832. The number of carbonyl (C=O) groups is 1. The number of likely N-dealkylation sites (N-methyl/N-ethyl adjacent to an activating group) is 1. The highest BCUT2D eigenvalue weighted by Crippen LogP contribution is 2.37. The molecule has 2 aliphatic rings. The van der Waals surface area contributed by atoms with Gasteiger partial charge in [-0.25, -0.2) is 4.79 Å². The van der Waals surface area contributed by atoms with Gasteiger partial charge in [0, 0.05) is 26.2 Å². The maximum atomic E-state index is 12.8. The fourth-order valence-electron chi connectivity index (χ4n) is 3.96. The molecule has 20 heavy (non-hydrogen) atoms. The molecule has 0 aromatic carbocycles. The van der Waals surface area contributed by atoms with E-state index in [2.05, 4.69) is 18.7 Å². The zero-order valence-electron chi connectivity index (χ0n) is 13.2. The highest BCUT2D eigenvalue weighted by atomic mass is 16.2. The second-order valence-corrected chi connectivity index (χ2v) is 6.50. The Kier molecular flexibility index (Phi) is 5.30. The van der Waals surface area contributed by atoms with Crippen LogP contribution in [0.1, 0.15) is 58.8 Å². The van der Waals surface area contributed by atoms with E-state index in [-0.39, 0.29) is 11.6 Å². The lowest BCUT2D eigenvalue weighted by Gasteiger charge is -2.48. The van der Waals surface area contributed by atoms with Gasteiger partial charge in [0.2, 0.25) is 0 Å². The van der Waals surface area contributed by atoms with Gasteiger partial charge in [-0.3, -0.25) is 0 Å². The first-order valence-corrected chi connectivity index (χ1v) is 8.43. The first kappa shape index (κ1) is 15.6. The number of amides is 2. The summed E-state index contributed by atoms with van der Waals surface area (Å²) >= 11 is 0. The van der Waals surface area contributed by atoms with Crippen molar-refractivity contribution in [2.24, 2.45) is 11.7 Å². The molecule has 0 unspecified atom stereocenters. The molecule has 116 valence electrons. The minimum Gasteiger partial charge on any atom is -0.328 e. The largest absolute Gasteiger partial charge is 0.328 e. The van der Waals surface area contributed by atoms with Crippen LogP contribution in [-0.4, -0.2) is 47.5 Å². The molecule has 2 amide bonds. The van der Waals surface area contributed by atoms with Crippen molar-refractivity contribution in [3.63, 3.8) is 0 Å². The lowest BCUT2D eigenvalue weighted by atomic mass is 9.74. The van der Waals surface area contributed by atoms with Gasteiger partial charge in [0.15, 0.2) is 0 Å². The second-order valence-electron chi connectivity index (χ2n) is 6.50. The zero-order chi connectivity index (χ0) is 14.6. The van der Waals surface area contributed by atoms with Gasteiger partial charge in [-0.1, -0.05) is 13.3 Å². The molecule has 0 atom stereocenters. The molecular formula is C16H31N3O. The van der Waals surface area contributed by atoms with E-state index in [1.807, 2.05) is 4.90 Å². The Morgan fingerprint density at radius 2 is 1.85 bits per heavy atom. The van der Waals surface area contributed by atoms with Gasteiger partial charge in [0.1, 0.15) is 0 Å². The van der Waals surface area contributed by atoms with Crippen LogP contribution >= 0.6 is 0 Å². The Labute approximate surface area is 123 Å². The van der Waals surface area contributed by atoms with Crippen LogP contribution in [0.25, 0.3) is 0 Å². The molecule has 2 N–H and O–H groups in total. The van der Waals surface area contributed by atoms with Gasteiger partial charge in [-0.2, -0.15) is 0 Å². The summed E-state index contributed by atoms with van der Waals surface area (Å²) in [4.78, 5) is 16.9. The third-order valence-electron chi connectivity index (χ3n) is 5.49. The third kappa shape index (κ3) is 2.95. The maximum Gasteiger partial charge on any atom is 0.320 e. The van der Waals surface area contributed by atoms with Gasteiger partial charge in [0.05, 0.1) is 5.54 Å². The Morgan fingerprint density at radius 3 is 2.30 bits per heavy atom. The molecule has 4 heteroatoms. The molecule has 0 spiro atoms. The summed E-state index contributed by atoms with van der Waals surface area (Å²) in [6, 6.07) is 0.227. The standard InChI is InChI=1S/C16H31N3O/c1-3-14-7-9-16(13-17,10-8-14)19(4-2)15(20)18-11-5-6-12-18/h14H,3-13,17H2,1-2H3. The molecule has 0 bridgehead atoms. The summed E-state index contributed by atoms with van der Waals surface area (Å²) in [5, 5.41) is 0. The molecular weight excluding hydrogens is 250 g/mol. The summed E-state index contributed by atoms with van der Waals surface area (Å²) in [6.45, 7) is 7.60. The molecule has 1 saturated heterocycles. The molecule has 4 nitrogen and oxygen atoms in total. The van der Waals surface area contributed by atoms with Crippen LogP contribution in [0.15, 0.2) is 0 Å². The van der Waals surface area contributed by atoms with E-state index in [1.54, 1.807) is 0 Å². The van der Waals surface area contributed by atoms with Gasteiger partial charge in [-0.05, 0) is 51.4 Å². The molecule has 1 aliphatic heterocycles. The quantitative estimate of drug-likeness (QED) is 0.861. The lowest BCUT2D eigenvalue weighted by molar-refractivity contribution is 0.0564. The molecule has 1 saturated carbocycles. The third-order valence-corrected chi connectivity index (χ3v) is 5.49. The van der Waals surface area contributed by atoms with E-state index in [0.29, 0.717) is 6.54 Å². The predicted octanol–water partition coefficient (Wildman–Crippen LogP) is 2.82. The molecule has 1 aliphatic carbocycles. The summed E-state index contributed by atoms with van der Waals surface area (Å²) in [7, 11) is 0. The Morgan fingerprint density at radius 1 is 1.25 bits per heavy atom. The summed E-state index contributed by atoms with van der Waals surface area (Å²) in [5.41, 5.74) is 6.04. The first-order valence-electron chi connectivity index (χ1n) is 8.43. The number of urea groups is 1. The van der Waals surface area contributed by atoms with E-state index in [1.165, 1.54) is 19.3 Å². The van der Waals surface area contributed by atoms with Crippen molar-refractivity contribution in [1.29, 1.82) is 0 Å². The van der Waals surface area contributed by atoms with Crippen LogP contribution in [0.3, 0.4) is 0 Å². The van der Waals surface area contributed by atoms with Crippen molar-refractivity contribution in [1.82, 2.24) is 9.80 Å². The van der Waals surface area contributed by atoms with Crippen LogP contribution < -0.4 is 5.73 Å². The number of hydrogen-bond acceptors (Lipinski definition) is 2. The summed E-state index contributed by atoms with van der Waals surface area (Å²) < 4.78 is 0. The van der Waals surface area contributed by atoms with Gasteiger partial charge < -0.3 is 15.5 Å². The lowest BCUT2D eigenvalue weighted by Crippen LogP contribution is -2.60. The second kappa shape index (κ2) is 6.79. The number of nitrogens with zero attached hydrogens (tertiary/aromatic N) is 2. The van der Waals surface area contributed by atoms with E-state index in [4.69, 9.17) is 5.73 Å². The number of hydrogen-bond donors (Lipinski definition) is 1. The summed E-state index contributed by atoms with van der Waals surface area (Å²) in [5.74, 6) is 0.829. The van der Waals surface area contributed by atoms with Gasteiger partial charge >= 0.3 is 6.03 Å². The monoisotopic (exact) mass is 281 g/mol. The van der Waals surface area contributed by atoms with E-state index < -0.39 is 0 Å². The van der Waals surface area contributed by atoms with Crippen molar-refractivity contribution >= 4 is 6.03 Å². The Hall–Kier alpha value is -0.770. The fourth-order valence-corrected chi connectivity index (χ4v) is 3.96. The topological polar surface area (TPSA) is 49.6 Å². The van der Waals surface area contributed by atoms with Gasteiger partial charge in [0.25, 0.3) is 0 Å². The normalized spacial score (nSPS) is 30.6. The highest BCUT2D eigenvalue weighted by Gasteiger charge is 2.42. The number of nitrogens with two attached hydrogens (primary N) is 1. The smallest absolute Gasteiger partial charge is 0.320 e. The van der Waals surface area contributed by atoms with Crippen molar-refractivity contribution in [2.45, 2.75) is 64.3 Å². The average Bonchev–Trinajstić information content (AvgIpc) is 3.02. The summed E-state index contributed by atoms with van der Waals surface area (Å²) in [6.07, 6.45) is 8.15. The number of carbonyl (C=O) groups excluding carboxylic acids is 1. The fraction of sp³-hybridized carbons (Fsp3) is 0.938. The van der Waals surface area contributed by atoms with Crippen LogP contribution in [0.4, 0.5) is 4.79 Å². The van der Waals surface area contributed by atoms with Crippen molar-refractivity contribution in [3.05, 3.63) is 0 Å². The number of rotatable bonds is 4. The molecule has 0 aromatic heterocycles. The van der Waals surface area contributed by atoms with E-state index >= 15 is 0 Å². The van der Waals surface area contributed by atoms with Crippen LogP contribution in [0.2, 0.25) is 0 Å². The maximum absolute atomic E-state index is 12.8. The molecule has 1 heterocycles. The Balaban J connectivity index is 2.08. The van der Waals surface area contributed by atoms with Crippen molar-refractivity contribution < 1.29 is 4.79 Å². The van der Waals surface area contributed by atoms with Crippen molar-refractivity contribution in [2.75, 3.05) is 26.2 Å². The van der Waals surface area contributed by atoms with Crippen LogP contribution in [-0.2, 0) is 0 Å². The minimum atomic E-state index is -0.0832.